The number of aromatic nitrogens is 2. The first kappa shape index (κ1) is 24.7. The number of fused-ring (bicyclic) bond motifs is 1. The van der Waals surface area contributed by atoms with Crippen LogP contribution in [0.2, 0.25) is 0 Å². The summed E-state index contributed by atoms with van der Waals surface area (Å²) in [5, 5.41) is 0. The molecule has 0 unspecified atom stereocenters. The fourth-order valence-electron chi connectivity index (χ4n) is 5.03. The Bertz CT molecular complexity index is 1430. The maximum atomic E-state index is 13.2. The molecule has 1 aliphatic heterocycles. The van der Waals surface area contributed by atoms with Crippen molar-refractivity contribution in [3.8, 4) is 17.2 Å². The van der Waals surface area contributed by atoms with Gasteiger partial charge in [0.2, 0.25) is 5.91 Å². The molecule has 192 valence electrons. The zero-order valence-corrected chi connectivity index (χ0v) is 21.9. The van der Waals surface area contributed by atoms with Gasteiger partial charge in [-0.3, -0.25) is 4.79 Å². The summed E-state index contributed by atoms with van der Waals surface area (Å²) in [6, 6.07) is 19.9. The number of carbonyl (C=O) groups excluding carboxylic acids is 1. The van der Waals surface area contributed by atoms with Gasteiger partial charge >= 0.3 is 0 Å². The highest BCUT2D eigenvalue weighted by Gasteiger charge is 2.36. The Labute approximate surface area is 217 Å². The monoisotopic (exact) mass is 499 g/mol. The number of anilines is 1. The van der Waals surface area contributed by atoms with E-state index in [4.69, 9.17) is 19.2 Å². The number of hydrogen-bond donors (Lipinski definition) is 0. The second-order valence-corrected chi connectivity index (χ2v) is 9.52. The normalized spacial score (nSPS) is 15.4. The predicted octanol–water partition coefficient (Wildman–Crippen LogP) is 5.66. The molecule has 0 saturated carbocycles. The van der Waals surface area contributed by atoms with Gasteiger partial charge in [-0.1, -0.05) is 24.3 Å². The summed E-state index contributed by atoms with van der Waals surface area (Å²) in [7, 11) is 3.23. The van der Waals surface area contributed by atoms with Gasteiger partial charge < -0.3 is 23.7 Å². The van der Waals surface area contributed by atoms with Crippen LogP contribution in [0, 0.1) is 13.8 Å². The smallest absolute Gasteiger partial charge is 0.227 e. The standard InChI is InChI=1S/C30H33N3O4/c1-20-10-11-21(2)28(16-20)37-15-7-14-32-25-9-6-5-8-24(25)31-30(32)22-17-29(34)33(19-22)26-18-23(35-3)12-13-27(26)36-4/h5-6,8-13,16,18,22H,7,14-15,17,19H2,1-4H3/t22-/m1/s1. The van der Waals surface area contributed by atoms with Crippen molar-refractivity contribution >= 4 is 22.6 Å². The van der Waals surface area contributed by atoms with Crippen molar-refractivity contribution in [2.75, 3.05) is 32.3 Å². The molecule has 7 nitrogen and oxygen atoms in total. The van der Waals surface area contributed by atoms with Gasteiger partial charge in [-0.25, -0.2) is 4.98 Å². The minimum Gasteiger partial charge on any atom is -0.497 e. The average Bonchev–Trinajstić information content (AvgIpc) is 3.48. The van der Waals surface area contributed by atoms with E-state index in [1.807, 2.05) is 36.4 Å². The molecule has 37 heavy (non-hydrogen) atoms. The van der Waals surface area contributed by atoms with E-state index in [1.165, 1.54) is 5.56 Å². The number of hydrogen-bond acceptors (Lipinski definition) is 5. The van der Waals surface area contributed by atoms with Crippen LogP contribution < -0.4 is 19.1 Å². The summed E-state index contributed by atoms with van der Waals surface area (Å²) in [5.41, 5.74) is 5.06. The van der Waals surface area contributed by atoms with Crippen molar-refractivity contribution in [2.45, 2.75) is 39.2 Å². The van der Waals surface area contributed by atoms with Crippen LogP contribution in [0.3, 0.4) is 0 Å². The Kier molecular flexibility index (Phi) is 7.04. The number of methoxy groups -OCH3 is 2. The molecule has 0 bridgehead atoms. The molecule has 7 heteroatoms. The first-order chi connectivity index (χ1) is 18.0. The number of carbonyl (C=O) groups is 1. The number of rotatable bonds is 9. The van der Waals surface area contributed by atoms with Gasteiger partial charge in [-0.05, 0) is 61.7 Å². The summed E-state index contributed by atoms with van der Waals surface area (Å²) >= 11 is 0. The molecule has 1 aromatic heterocycles. The van der Waals surface area contributed by atoms with Gasteiger partial charge in [0.05, 0.1) is 37.5 Å². The number of imidazole rings is 1. The van der Waals surface area contributed by atoms with Crippen molar-refractivity contribution in [3.63, 3.8) is 0 Å². The molecule has 0 spiro atoms. The number of para-hydroxylation sites is 2. The van der Waals surface area contributed by atoms with Gasteiger partial charge in [-0.15, -0.1) is 0 Å². The SMILES string of the molecule is COc1ccc(OC)c(N2C[C@H](c3nc4ccccc4n3CCCOc3cc(C)ccc3C)CC2=O)c1. The van der Waals surface area contributed by atoms with E-state index in [-0.39, 0.29) is 11.8 Å². The average molecular weight is 500 g/mol. The highest BCUT2D eigenvalue weighted by molar-refractivity contribution is 5.98. The first-order valence-corrected chi connectivity index (χ1v) is 12.7. The lowest BCUT2D eigenvalue weighted by atomic mass is 10.1. The van der Waals surface area contributed by atoms with Gasteiger partial charge in [0.15, 0.2) is 0 Å². The summed E-state index contributed by atoms with van der Waals surface area (Å²) in [6.07, 6.45) is 1.22. The second kappa shape index (κ2) is 10.5. The third-order valence-electron chi connectivity index (χ3n) is 6.98. The topological polar surface area (TPSA) is 65.8 Å². The molecule has 1 aliphatic rings. The van der Waals surface area contributed by atoms with Crippen LogP contribution in [0.25, 0.3) is 11.0 Å². The molecule has 1 amide bonds. The van der Waals surface area contributed by atoms with E-state index in [2.05, 4.69) is 42.7 Å². The fraction of sp³-hybridized carbons (Fsp3) is 0.333. The minimum atomic E-state index is -0.0317. The van der Waals surface area contributed by atoms with Crippen LogP contribution in [-0.4, -0.2) is 42.8 Å². The Morgan fingerprint density at radius 2 is 1.81 bits per heavy atom. The van der Waals surface area contributed by atoms with Crippen LogP contribution in [0.15, 0.2) is 60.7 Å². The molecule has 1 atom stereocenters. The lowest BCUT2D eigenvalue weighted by Crippen LogP contribution is -2.25. The van der Waals surface area contributed by atoms with Gasteiger partial charge in [-0.2, -0.15) is 0 Å². The largest absolute Gasteiger partial charge is 0.497 e. The molecule has 5 rings (SSSR count). The van der Waals surface area contributed by atoms with Crippen LogP contribution in [0.1, 0.15) is 35.7 Å². The number of nitrogens with zero attached hydrogens (tertiary/aromatic N) is 3. The number of amides is 1. The Morgan fingerprint density at radius 1 is 0.973 bits per heavy atom. The quantitative estimate of drug-likeness (QED) is 0.278. The van der Waals surface area contributed by atoms with E-state index in [9.17, 15) is 4.79 Å². The predicted molar refractivity (Wildman–Crippen MR) is 145 cm³/mol. The van der Waals surface area contributed by atoms with Crippen molar-refractivity contribution in [2.24, 2.45) is 0 Å². The molecule has 4 aromatic rings. The lowest BCUT2D eigenvalue weighted by Gasteiger charge is -2.20. The van der Waals surface area contributed by atoms with E-state index >= 15 is 0 Å². The molecule has 0 radical (unpaired) electrons. The third-order valence-corrected chi connectivity index (χ3v) is 6.98. The third kappa shape index (κ3) is 4.99. The lowest BCUT2D eigenvalue weighted by molar-refractivity contribution is -0.117. The zero-order chi connectivity index (χ0) is 25.9. The Hall–Kier alpha value is -4.00. The van der Waals surface area contributed by atoms with Gasteiger partial charge in [0, 0.05) is 31.5 Å². The number of ether oxygens (including phenoxy) is 3. The maximum Gasteiger partial charge on any atom is 0.227 e. The van der Waals surface area contributed by atoms with Crippen molar-refractivity contribution in [3.05, 3.63) is 77.6 Å². The highest BCUT2D eigenvalue weighted by atomic mass is 16.5. The summed E-state index contributed by atoms with van der Waals surface area (Å²) in [4.78, 5) is 20.0. The van der Waals surface area contributed by atoms with Crippen molar-refractivity contribution in [1.82, 2.24) is 9.55 Å². The zero-order valence-electron chi connectivity index (χ0n) is 21.9. The Balaban J connectivity index is 1.37. The molecule has 0 N–H and O–H groups in total. The summed E-state index contributed by atoms with van der Waals surface area (Å²) in [6.45, 7) is 6.03. The molecule has 3 aromatic carbocycles. The number of benzene rings is 3. The Morgan fingerprint density at radius 3 is 2.62 bits per heavy atom. The number of aryl methyl sites for hydroxylation is 3. The first-order valence-electron chi connectivity index (χ1n) is 12.7. The maximum absolute atomic E-state index is 13.2. The molecular weight excluding hydrogens is 466 g/mol. The van der Waals surface area contributed by atoms with Crippen molar-refractivity contribution in [1.29, 1.82) is 0 Å². The van der Waals surface area contributed by atoms with E-state index < -0.39 is 0 Å². The second-order valence-electron chi connectivity index (χ2n) is 9.52. The highest BCUT2D eigenvalue weighted by Crippen LogP contribution is 2.39. The van der Waals surface area contributed by atoms with E-state index in [0.29, 0.717) is 31.1 Å². The molecule has 2 heterocycles. The minimum absolute atomic E-state index is 0.0317. The fourth-order valence-corrected chi connectivity index (χ4v) is 5.03. The van der Waals surface area contributed by atoms with Crippen LogP contribution in [0.5, 0.6) is 17.2 Å². The van der Waals surface area contributed by atoms with Crippen LogP contribution in [0.4, 0.5) is 5.69 Å². The van der Waals surface area contributed by atoms with E-state index in [1.54, 1.807) is 19.1 Å². The van der Waals surface area contributed by atoms with Gasteiger partial charge in [0.1, 0.15) is 23.1 Å². The van der Waals surface area contributed by atoms with E-state index in [0.717, 1.165) is 46.8 Å². The van der Waals surface area contributed by atoms with Crippen molar-refractivity contribution < 1.29 is 19.0 Å². The molecular formula is C30H33N3O4. The van der Waals surface area contributed by atoms with Crippen LogP contribution in [-0.2, 0) is 11.3 Å². The molecule has 0 aliphatic carbocycles. The van der Waals surface area contributed by atoms with Gasteiger partial charge in [0.25, 0.3) is 0 Å². The molecule has 1 saturated heterocycles. The summed E-state index contributed by atoms with van der Waals surface area (Å²) in [5.74, 6) is 3.21. The molecule has 1 fully saturated rings. The van der Waals surface area contributed by atoms with Crippen LogP contribution >= 0.6 is 0 Å². The summed E-state index contributed by atoms with van der Waals surface area (Å²) < 4.78 is 19.3.